The molecule has 0 fully saturated rings. The van der Waals surface area contributed by atoms with E-state index in [9.17, 15) is 4.79 Å². The highest BCUT2D eigenvalue weighted by molar-refractivity contribution is 5.90. The highest BCUT2D eigenvalue weighted by Crippen LogP contribution is 2.12. The van der Waals surface area contributed by atoms with E-state index in [1.54, 1.807) is 12.4 Å². The SMILES string of the molecule is COC(=O)C#Cc1cccc2[nH]cnc12. The van der Waals surface area contributed by atoms with Crippen LogP contribution in [0.4, 0.5) is 0 Å². The number of aromatic nitrogens is 2. The van der Waals surface area contributed by atoms with Crippen LogP contribution in [0.2, 0.25) is 0 Å². The first-order valence-electron chi connectivity index (χ1n) is 4.33. The Morgan fingerprint density at radius 3 is 3.20 bits per heavy atom. The largest absolute Gasteiger partial charge is 0.459 e. The number of H-pyrrole nitrogens is 1. The van der Waals surface area contributed by atoms with Gasteiger partial charge < -0.3 is 9.72 Å². The Hall–Kier alpha value is -2.28. The summed E-state index contributed by atoms with van der Waals surface area (Å²) in [6.45, 7) is 0. The van der Waals surface area contributed by atoms with Crippen molar-refractivity contribution in [1.29, 1.82) is 0 Å². The number of carbonyl (C=O) groups excluding carboxylic acids is 1. The first-order chi connectivity index (χ1) is 7.31. The lowest BCUT2D eigenvalue weighted by molar-refractivity contribution is -0.133. The molecule has 0 saturated carbocycles. The minimum Gasteiger partial charge on any atom is -0.459 e. The van der Waals surface area contributed by atoms with Crippen LogP contribution in [0.25, 0.3) is 11.0 Å². The van der Waals surface area contributed by atoms with Gasteiger partial charge in [0, 0.05) is 5.92 Å². The molecule has 74 valence electrons. The van der Waals surface area contributed by atoms with E-state index in [1.807, 2.05) is 12.1 Å². The molecule has 0 aliphatic carbocycles. The van der Waals surface area contributed by atoms with Crippen LogP contribution in [-0.2, 0) is 9.53 Å². The molecule has 0 saturated heterocycles. The topological polar surface area (TPSA) is 55.0 Å². The van der Waals surface area contributed by atoms with Gasteiger partial charge in [0.1, 0.15) is 5.52 Å². The second-order valence-electron chi connectivity index (χ2n) is 2.85. The van der Waals surface area contributed by atoms with Crippen molar-refractivity contribution in [3.05, 3.63) is 30.1 Å². The predicted octanol–water partition coefficient (Wildman–Crippen LogP) is 1.09. The van der Waals surface area contributed by atoms with E-state index in [0.29, 0.717) is 5.56 Å². The van der Waals surface area contributed by atoms with E-state index in [2.05, 4.69) is 26.5 Å². The van der Waals surface area contributed by atoms with Crippen LogP contribution in [0, 0.1) is 11.8 Å². The van der Waals surface area contributed by atoms with Crippen molar-refractivity contribution < 1.29 is 9.53 Å². The number of benzene rings is 1. The summed E-state index contributed by atoms with van der Waals surface area (Å²) in [5.74, 6) is 4.53. The molecule has 2 aromatic rings. The zero-order valence-corrected chi connectivity index (χ0v) is 8.07. The monoisotopic (exact) mass is 200 g/mol. The summed E-state index contributed by atoms with van der Waals surface area (Å²) in [5, 5.41) is 0. The van der Waals surface area contributed by atoms with Gasteiger partial charge in [-0.1, -0.05) is 12.0 Å². The fraction of sp³-hybridized carbons (Fsp3) is 0.0909. The number of fused-ring (bicyclic) bond motifs is 1. The van der Waals surface area contributed by atoms with E-state index in [4.69, 9.17) is 0 Å². The van der Waals surface area contributed by atoms with E-state index in [0.717, 1.165) is 11.0 Å². The lowest BCUT2D eigenvalue weighted by Crippen LogP contribution is -1.94. The van der Waals surface area contributed by atoms with Crippen molar-refractivity contribution in [2.24, 2.45) is 0 Å². The Labute approximate surface area is 86.3 Å². The Kier molecular flexibility index (Phi) is 2.38. The van der Waals surface area contributed by atoms with Gasteiger partial charge in [-0.3, -0.25) is 0 Å². The number of nitrogens with one attached hydrogen (secondary N) is 1. The summed E-state index contributed by atoms with van der Waals surface area (Å²) in [7, 11) is 1.30. The van der Waals surface area contributed by atoms with Crippen LogP contribution in [-0.4, -0.2) is 23.0 Å². The average molecular weight is 200 g/mol. The maximum Gasteiger partial charge on any atom is 0.384 e. The van der Waals surface area contributed by atoms with Crippen LogP contribution in [0.5, 0.6) is 0 Å². The molecule has 0 unspecified atom stereocenters. The van der Waals surface area contributed by atoms with Gasteiger partial charge in [-0.25, -0.2) is 9.78 Å². The molecule has 4 heteroatoms. The molecular weight excluding hydrogens is 192 g/mol. The van der Waals surface area contributed by atoms with Gasteiger partial charge in [0.2, 0.25) is 0 Å². The summed E-state index contributed by atoms with van der Waals surface area (Å²) >= 11 is 0. The molecular formula is C11H8N2O2. The molecule has 0 aliphatic rings. The maximum absolute atomic E-state index is 10.8. The number of carbonyl (C=O) groups is 1. The molecule has 0 radical (unpaired) electrons. The zero-order chi connectivity index (χ0) is 10.7. The van der Waals surface area contributed by atoms with Gasteiger partial charge in [-0.2, -0.15) is 0 Å². The van der Waals surface area contributed by atoms with Gasteiger partial charge >= 0.3 is 5.97 Å². The fourth-order valence-corrected chi connectivity index (χ4v) is 1.24. The van der Waals surface area contributed by atoms with Crippen molar-refractivity contribution in [1.82, 2.24) is 9.97 Å². The number of nitrogens with zero attached hydrogens (tertiary/aromatic N) is 1. The summed E-state index contributed by atoms with van der Waals surface area (Å²) < 4.78 is 4.42. The van der Waals surface area contributed by atoms with Gasteiger partial charge in [-0.15, -0.1) is 0 Å². The van der Waals surface area contributed by atoms with Gasteiger partial charge in [0.15, 0.2) is 0 Å². The van der Waals surface area contributed by atoms with Crippen molar-refractivity contribution >= 4 is 17.0 Å². The second-order valence-corrected chi connectivity index (χ2v) is 2.85. The summed E-state index contributed by atoms with van der Waals surface area (Å²) in [4.78, 5) is 17.9. The van der Waals surface area contributed by atoms with Crippen molar-refractivity contribution in [2.45, 2.75) is 0 Å². The fourth-order valence-electron chi connectivity index (χ4n) is 1.24. The third-order valence-corrected chi connectivity index (χ3v) is 1.93. The van der Waals surface area contributed by atoms with Crippen molar-refractivity contribution in [3.8, 4) is 11.8 Å². The zero-order valence-electron chi connectivity index (χ0n) is 8.07. The standard InChI is InChI=1S/C11H8N2O2/c1-15-10(14)6-5-8-3-2-4-9-11(8)13-7-12-9/h2-4,7H,1H3,(H,12,13). The minimum atomic E-state index is -0.553. The molecule has 0 aliphatic heterocycles. The number of para-hydroxylation sites is 1. The molecule has 0 spiro atoms. The number of ether oxygens (including phenoxy) is 1. The first kappa shape index (κ1) is 9.28. The van der Waals surface area contributed by atoms with E-state index in [-0.39, 0.29) is 0 Å². The van der Waals surface area contributed by atoms with Gasteiger partial charge in [-0.05, 0) is 12.1 Å². The van der Waals surface area contributed by atoms with Crippen LogP contribution in [0.15, 0.2) is 24.5 Å². The molecule has 0 atom stereocenters. The number of methoxy groups -OCH3 is 1. The first-order valence-corrected chi connectivity index (χ1v) is 4.33. The van der Waals surface area contributed by atoms with Gasteiger partial charge in [0.05, 0.1) is 24.5 Å². The average Bonchev–Trinajstić information content (AvgIpc) is 2.74. The second kappa shape index (κ2) is 3.84. The van der Waals surface area contributed by atoms with Crippen LogP contribution in [0.3, 0.4) is 0 Å². The maximum atomic E-state index is 10.8. The van der Waals surface area contributed by atoms with E-state index >= 15 is 0 Å². The van der Waals surface area contributed by atoms with Crippen LogP contribution < -0.4 is 0 Å². The molecule has 15 heavy (non-hydrogen) atoms. The normalized spacial score (nSPS) is 9.40. The highest BCUT2D eigenvalue weighted by atomic mass is 16.5. The van der Waals surface area contributed by atoms with Crippen molar-refractivity contribution in [2.75, 3.05) is 7.11 Å². The van der Waals surface area contributed by atoms with E-state index < -0.39 is 5.97 Å². The number of esters is 1. The van der Waals surface area contributed by atoms with Crippen LogP contribution >= 0.6 is 0 Å². The Bertz CT molecular complexity index is 560. The number of hydrogen-bond donors (Lipinski definition) is 1. The molecule has 0 bridgehead atoms. The van der Waals surface area contributed by atoms with Crippen molar-refractivity contribution in [3.63, 3.8) is 0 Å². The molecule has 0 amide bonds. The number of imidazole rings is 1. The third kappa shape index (κ3) is 1.81. The lowest BCUT2D eigenvalue weighted by Gasteiger charge is -1.91. The summed E-state index contributed by atoms with van der Waals surface area (Å²) in [5.41, 5.74) is 2.36. The number of rotatable bonds is 0. The minimum absolute atomic E-state index is 0.553. The Morgan fingerprint density at radius 1 is 1.53 bits per heavy atom. The number of aromatic amines is 1. The summed E-state index contributed by atoms with van der Waals surface area (Å²) in [6, 6.07) is 5.55. The smallest absolute Gasteiger partial charge is 0.384 e. The Balaban J connectivity index is 2.46. The highest BCUT2D eigenvalue weighted by Gasteiger charge is 2.00. The molecule has 1 N–H and O–H groups in total. The molecule has 1 aromatic heterocycles. The van der Waals surface area contributed by atoms with Gasteiger partial charge in [0.25, 0.3) is 0 Å². The molecule has 2 rings (SSSR count). The third-order valence-electron chi connectivity index (χ3n) is 1.93. The molecule has 1 heterocycles. The molecule has 1 aromatic carbocycles. The summed E-state index contributed by atoms with van der Waals surface area (Å²) in [6.07, 6.45) is 1.59. The predicted molar refractivity (Wildman–Crippen MR) is 55.0 cm³/mol. The van der Waals surface area contributed by atoms with Crippen LogP contribution in [0.1, 0.15) is 5.56 Å². The van der Waals surface area contributed by atoms with E-state index in [1.165, 1.54) is 7.11 Å². The number of hydrogen-bond acceptors (Lipinski definition) is 3. The lowest BCUT2D eigenvalue weighted by atomic mass is 10.2. The quantitative estimate of drug-likeness (QED) is 0.511. The Morgan fingerprint density at radius 2 is 2.40 bits per heavy atom. The molecule has 4 nitrogen and oxygen atoms in total.